The van der Waals surface area contributed by atoms with Crippen molar-refractivity contribution in [1.29, 1.82) is 0 Å². The van der Waals surface area contributed by atoms with Crippen LogP contribution in [0, 0.1) is 0 Å². The van der Waals surface area contributed by atoms with E-state index in [1.54, 1.807) is 17.2 Å². The van der Waals surface area contributed by atoms with E-state index in [0.29, 0.717) is 5.56 Å². The zero-order valence-electron chi connectivity index (χ0n) is 14.6. The van der Waals surface area contributed by atoms with Crippen molar-refractivity contribution < 1.29 is 4.79 Å². The summed E-state index contributed by atoms with van der Waals surface area (Å²) in [5.41, 5.74) is 1.44. The number of likely N-dealkylation sites (tertiary alicyclic amines) is 1. The van der Waals surface area contributed by atoms with Gasteiger partial charge in [0.1, 0.15) is 12.7 Å². The minimum atomic E-state index is 0.0706. The SMILES string of the molecule is O=C(c1ccccc1-n1cncn1)N1CCCCC1CCn1cccn1. The lowest BCUT2D eigenvalue weighted by molar-refractivity contribution is 0.0594. The topological polar surface area (TPSA) is 68.8 Å². The van der Waals surface area contributed by atoms with Gasteiger partial charge in [0, 0.05) is 31.5 Å². The Morgan fingerprint density at radius 2 is 2.08 bits per heavy atom. The number of piperidine rings is 1. The van der Waals surface area contributed by atoms with Crippen LogP contribution in [0.1, 0.15) is 36.0 Å². The van der Waals surface area contributed by atoms with Crippen molar-refractivity contribution in [3.05, 3.63) is 60.9 Å². The minimum absolute atomic E-state index is 0.0706. The molecule has 1 aliphatic rings. The molecule has 0 bridgehead atoms. The number of amides is 1. The third-order valence-electron chi connectivity index (χ3n) is 4.94. The third kappa shape index (κ3) is 3.37. The molecular weight excluding hydrogens is 328 g/mol. The Balaban J connectivity index is 1.56. The molecule has 3 aromatic rings. The van der Waals surface area contributed by atoms with Crippen LogP contribution in [0.4, 0.5) is 0 Å². The fraction of sp³-hybridized carbons (Fsp3) is 0.368. The lowest BCUT2D eigenvalue weighted by atomic mass is 9.97. The van der Waals surface area contributed by atoms with Crippen LogP contribution >= 0.6 is 0 Å². The molecule has 0 aliphatic carbocycles. The number of rotatable bonds is 5. The standard InChI is InChI=1S/C19H22N6O/c26-19(17-7-1-2-8-18(17)25-15-20-14-22-25)24-12-4-3-6-16(24)9-13-23-11-5-10-21-23/h1-2,5,7-8,10-11,14-16H,3-4,6,9,12-13H2. The Bertz CT molecular complexity index is 843. The molecule has 1 atom stereocenters. The van der Waals surface area contributed by atoms with E-state index in [9.17, 15) is 4.79 Å². The Labute approximate surface area is 152 Å². The van der Waals surface area contributed by atoms with Gasteiger partial charge in [-0.1, -0.05) is 12.1 Å². The van der Waals surface area contributed by atoms with Crippen molar-refractivity contribution in [2.24, 2.45) is 0 Å². The molecule has 1 aromatic carbocycles. The summed E-state index contributed by atoms with van der Waals surface area (Å²) in [5, 5.41) is 8.46. The lowest BCUT2D eigenvalue weighted by Crippen LogP contribution is -2.44. The van der Waals surface area contributed by atoms with Crippen LogP contribution < -0.4 is 0 Å². The predicted molar refractivity (Wildman–Crippen MR) is 96.9 cm³/mol. The lowest BCUT2D eigenvalue weighted by Gasteiger charge is -2.36. The van der Waals surface area contributed by atoms with Gasteiger partial charge in [-0.3, -0.25) is 9.48 Å². The molecule has 0 N–H and O–H groups in total. The number of aryl methyl sites for hydroxylation is 1. The Morgan fingerprint density at radius 3 is 2.88 bits per heavy atom. The molecule has 0 radical (unpaired) electrons. The molecule has 134 valence electrons. The van der Waals surface area contributed by atoms with E-state index in [2.05, 4.69) is 15.2 Å². The molecule has 7 heteroatoms. The van der Waals surface area contributed by atoms with E-state index in [0.717, 1.165) is 44.5 Å². The Hall–Kier alpha value is -2.96. The number of nitrogens with zero attached hydrogens (tertiary/aromatic N) is 6. The summed E-state index contributed by atoms with van der Waals surface area (Å²) in [5.74, 6) is 0.0706. The second-order valence-electron chi connectivity index (χ2n) is 6.56. The van der Waals surface area contributed by atoms with Crippen molar-refractivity contribution in [2.45, 2.75) is 38.3 Å². The summed E-state index contributed by atoms with van der Waals surface area (Å²) in [4.78, 5) is 19.4. The van der Waals surface area contributed by atoms with Gasteiger partial charge in [0.25, 0.3) is 5.91 Å². The van der Waals surface area contributed by atoms with Gasteiger partial charge in [0.05, 0.1) is 11.3 Å². The van der Waals surface area contributed by atoms with Crippen LogP contribution in [0.15, 0.2) is 55.4 Å². The quantitative estimate of drug-likeness (QED) is 0.709. The summed E-state index contributed by atoms with van der Waals surface area (Å²) in [7, 11) is 0. The van der Waals surface area contributed by atoms with Gasteiger partial charge in [-0.05, 0) is 43.9 Å². The van der Waals surface area contributed by atoms with E-state index in [4.69, 9.17) is 0 Å². The molecule has 4 rings (SSSR count). The van der Waals surface area contributed by atoms with Crippen LogP contribution in [0.3, 0.4) is 0 Å². The number of hydrogen-bond acceptors (Lipinski definition) is 4. The maximum atomic E-state index is 13.3. The summed E-state index contributed by atoms with van der Waals surface area (Å²) < 4.78 is 3.58. The average Bonchev–Trinajstić information content (AvgIpc) is 3.40. The Kier molecular flexibility index (Phi) is 4.77. The molecule has 7 nitrogen and oxygen atoms in total. The number of carbonyl (C=O) groups excluding carboxylic acids is 1. The van der Waals surface area contributed by atoms with E-state index < -0.39 is 0 Å². The van der Waals surface area contributed by atoms with Crippen molar-refractivity contribution >= 4 is 5.91 Å². The molecule has 2 aromatic heterocycles. The second kappa shape index (κ2) is 7.51. The van der Waals surface area contributed by atoms with E-state index >= 15 is 0 Å². The number of aromatic nitrogens is 5. The van der Waals surface area contributed by atoms with E-state index in [1.807, 2.05) is 46.1 Å². The smallest absolute Gasteiger partial charge is 0.256 e. The fourth-order valence-electron chi connectivity index (χ4n) is 3.62. The summed E-state index contributed by atoms with van der Waals surface area (Å²) >= 11 is 0. The van der Waals surface area contributed by atoms with Crippen LogP contribution in [0.25, 0.3) is 5.69 Å². The highest BCUT2D eigenvalue weighted by atomic mass is 16.2. The van der Waals surface area contributed by atoms with Crippen molar-refractivity contribution in [3.63, 3.8) is 0 Å². The maximum absolute atomic E-state index is 13.3. The summed E-state index contributed by atoms with van der Waals surface area (Å²) in [6, 6.07) is 9.76. The zero-order valence-corrected chi connectivity index (χ0v) is 14.6. The van der Waals surface area contributed by atoms with Gasteiger partial charge in [-0.25, -0.2) is 9.67 Å². The third-order valence-corrected chi connectivity index (χ3v) is 4.94. The first-order valence-electron chi connectivity index (χ1n) is 9.05. The Morgan fingerprint density at radius 1 is 1.15 bits per heavy atom. The highest BCUT2D eigenvalue weighted by molar-refractivity contribution is 5.98. The number of benzene rings is 1. The molecule has 0 spiro atoms. The first kappa shape index (κ1) is 16.5. The van der Waals surface area contributed by atoms with Crippen LogP contribution in [0.5, 0.6) is 0 Å². The van der Waals surface area contributed by atoms with E-state index in [1.165, 1.54) is 6.33 Å². The normalized spacial score (nSPS) is 17.4. The average molecular weight is 350 g/mol. The molecule has 1 fully saturated rings. The molecule has 1 saturated heterocycles. The summed E-state index contributed by atoms with van der Waals surface area (Å²) in [6.07, 6.45) is 11.0. The molecule has 0 saturated carbocycles. The maximum Gasteiger partial charge on any atom is 0.256 e. The zero-order chi connectivity index (χ0) is 17.8. The first-order chi connectivity index (χ1) is 12.8. The van der Waals surface area contributed by atoms with Gasteiger partial charge in [0.2, 0.25) is 0 Å². The number of hydrogen-bond donors (Lipinski definition) is 0. The van der Waals surface area contributed by atoms with E-state index in [-0.39, 0.29) is 11.9 Å². The van der Waals surface area contributed by atoms with Gasteiger partial charge in [0.15, 0.2) is 0 Å². The largest absolute Gasteiger partial charge is 0.336 e. The second-order valence-corrected chi connectivity index (χ2v) is 6.56. The van der Waals surface area contributed by atoms with Gasteiger partial charge in [-0.15, -0.1) is 0 Å². The van der Waals surface area contributed by atoms with Crippen LogP contribution in [-0.2, 0) is 6.54 Å². The van der Waals surface area contributed by atoms with Crippen molar-refractivity contribution in [3.8, 4) is 5.69 Å². The first-order valence-corrected chi connectivity index (χ1v) is 9.05. The molecule has 3 heterocycles. The number of carbonyl (C=O) groups is 1. The van der Waals surface area contributed by atoms with Gasteiger partial charge < -0.3 is 4.90 Å². The van der Waals surface area contributed by atoms with Crippen LogP contribution in [-0.4, -0.2) is 47.9 Å². The molecule has 1 amide bonds. The summed E-state index contributed by atoms with van der Waals surface area (Å²) in [6.45, 7) is 1.63. The van der Waals surface area contributed by atoms with Crippen LogP contribution in [0.2, 0.25) is 0 Å². The van der Waals surface area contributed by atoms with Gasteiger partial charge >= 0.3 is 0 Å². The minimum Gasteiger partial charge on any atom is -0.336 e. The molecular formula is C19H22N6O. The van der Waals surface area contributed by atoms with Crippen molar-refractivity contribution in [1.82, 2.24) is 29.4 Å². The highest BCUT2D eigenvalue weighted by Crippen LogP contribution is 2.24. The monoisotopic (exact) mass is 350 g/mol. The van der Waals surface area contributed by atoms with Crippen molar-refractivity contribution in [2.75, 3.05) is 6.54 Å². The fourth-order valence-corrected chi connectivity index (χ4v) is 3.62. The predicted octanol–water partition coefficient (Wildman–Crippen LogP) is 2.55. The van der Waals surface area contributed by atoms with Gasteiger partial charge in [-0.2, -0.15) is 10.2 Å². The molecule has 1 aliphatic heterocycles. The highest BCUT2D eigenvalue weighted by Gasteiger charge is 2.28. The molecule has 1 unspecified atom stereocenters. The number of para-hydroxylation sites is 1. The molecule has 26 heavy (non-hydrogen) atoms.